The number of ether oxygens (including phenoxy) is 1. The molecule has 8 heteroatoms. The van der Waals surface area contributed by atoms with Crippen LogP contribution in [0.3, 0.4) is 0 Å². The molecule has 2 aromatic rings. The molecule has 0 spiro atoms. The van der Waals surface area contributed by atoms with Crippen molar-refractivity contribution in [1.29, 1.82) is 0 Å². The number of hydrogen-bond donors (Lipinski definition) is 0. The van der Waals surface area contributed by atoms with E-state index in [1.54, 1.807) is 0 Å². The highest BCUT2D eigenvalue weighted by atomic mass is 19.4. The summed E-state index contributed by atoms with van der Waals surface area (Å²) < 4.78 is 43.3. The normalized spacial score (nSPS) is 11.4. The molecule has 0 aromatic carbocycles. The quantitative estimate of drug-likeness (QED) is 0.785. The maximum atomic E-state index is 12.5. The highest BCUT2D eigenvalue weighted by Crippen LogP contribution is 2.29. The maximum Gasteiger partial charge on any atom is 0.416 e. The van der Waals surface area contributed by atoms with Gasteiger partial charge in [0.05, 0.1) is 12.7 Å². The third-order valence-corrected chi connectivity index (χ3v) is 2.31. The molecule has 0 saturated heterocycles. The number of imidazole rings is 1. The lowest BCUT2D eigenvalue weighted by Gasteiger charge is -2.07. The number of alkyl halides is 3. The number of rotatable bonds is 2. The Hall–Kier alpha value is -2.38. The Balaban J connectivity index is 2.37. The summed E-state index contributed by atoms with van der Waals surface area (Å²) >= 11 is 0. The van der Waals surface area contributed by atoms with Gasteiger partial charge in [-0.15, -0.1) is 0 Å². The average molecular weight is 271 g/mol. The second-order valence-electron chi connectivity index (χ2n) is 3.56. The van der Waals surface area contributed by atoms with Gasteiger partial charge in [0, 0.05) is 12.4 Å². The van der Waals surface area contributed by atoms with Crippen LogP contribution in [-0.2, 0) is 10.9 Å². The van der Waals surface area contributed by atoms with Crippen LogP contribution in [0.4, 0.5) is 13.2 Å². The van der Waals surface area contributed by atoms with E-state index in [0.29, 0.717) is 0 Å². The number of esters is 1. The van der Waals surface area contributed by atoms with E-state index in [1.807, 2.05) is 0 Å². The Morgan fingerprint density at radius 3 is 2.74 bits per heavy atom. The molecule has 0 N–H and O–H groups in total. The highest BCUT2D eigenvalue weighted by Gasteiger charge is 2.30. The summed E-state index contributed by atoms with van der Waals surface area (Å²) in [5.41, 5.74) is -0.840. The zero-order valence-electron chi connectivity index (χ0n) is 9.68. The van der Waals surface area contributed by atoms with Crippen molar-refractivity contribution in [2.75, 3.05) is 7.11 Å². The Morgan fingerprint density at radius 1 is 1.37 bits per heavy atom. The second-order valence-corrected chi connectivity index (χ2v) is 3.56. The van der Waals surface area contributed by atoms with Crippen molar-refractivity contribution in [3.8, 4) is 5.82 Å². The molecule has 0 aliphatic heterocycles. The lowest BCUT2D eigenvalue weighted by Crippen LogP contribution is -2.07. The standard InChI is InChI=1S/C11H8F3N3O2/c1-19-10(18)8-5-17(6-16-8)9-4-7(2-3-15-9)11(12,13)14/h2-6H,1H3. The number of aromatic nitrogens is 3. The van der Waals surface area contributed by atoms with Gasteiger partial charge in [-0.25, -0.2) is 14.8 Å². The summed E-state index contributed by atoms with van der Waals surface area (Å²) in [6.45, 7) is 0. The first-order valence-electron chi connectivity index (χ1n) is 5.08. The lowest BCUT2D eigenvalue weighted by atomic mass is 10.2. The Labute approximate surface area is 105 Å². The van der Waals surface area contributed by atoms with Crippen LogP contribution in [0.25, 0.3) is 5.82 Å². The molecule has 5 nitrogen and oxygen atoms in total. The summed E-state index contributed by atoms with van der Waals surface area (Å²) in [6, 6.07) is 1.73. The molecule has 0 saturated carbocycles. The first kappa shape index (κ1) is 13.1. The second kappa shape index (κ2) is 4.71. The fraction of sp³-hybridized carbons (Fsp3) is 0.182. The molecule has 0 bridgehead atoms. The summed E-state index contributed by atoms with van der Waals surface area (Å²) in [7, 11) is 1.18. The van der Waals surface area contributed by atoms with Crippen LogP contribution in [0.15, 0.2) is 30.9 Å². The Morgan fingerprint density at radius 2 is 2.11 bits per heavy atom. The predicted octanol–water partition coefficient (Wildman–Crippen LogP) is 2.07. The van der Waals surface area contributed by atoms with E-state index in [-0.39, 0.29) is 11.5 Å². The van der Waals surface area contributed by atoms with Gasteiger partial charge < -0.3 is 4.74 Å². The van der Waals surface area contributed by atoms with E-state index in [2.05, 4.69) is 14.7 Å². The first-order valence-corrected chi connectivity index (χ1v) is 5.08. The Kier molecular flexibility index (Phi) is 3.24. The number of carbonyl (C=O) groups is 1. The first-order chi connectivity index (χ1) is 8.91. The molecule has 0 fully saturated rings. The van der Waals surface area contributed by atoms with Gasteiger partial charge in [-0.1, -0.05) is 0 Å². The summed E-state index contributed by atoms with van der Waals surface area (Å²) in [5, 5.41) is 0. The molecule has 0 radical (unpaired) electrons. The van der Waals surface area contributed by atoms with E-state index in [0.717, 1.165) is 18.3 Å². The van der Waals surface area contributed by atoms with Gasteiger partial charge in [-0.3, -0.25) is 4.57 Å². The minimum atomic E-state index is -4.45. The number of hydrogen-bond acceptors (Lipinski definition) is 4. The van der Waals surface area contributed by atoms with Crippen LogP contribution in [0, 0.1) is 0 Å². The summed E-state index contributed by atoms with van der Waals surface area (Å²) in [5.74, 6) is -0.664. The molecule has 0 unspecified atom stereocenters. The molecule has 2 rings (SSSR count). The molecular formula is C11H8F3N3O2. The molecule has 0 aliphatic rings. The van der Waals surface area contributed by atoms with Crippen LogP contribution in [-0.4, -0.2) is 27.6 Å². The van der Waals surface area contributed by atoms with Crippen LogP contribution >= 0.6 is 0 Å². The molecule has 2 aromatic heterocycles. The van der Waals surface area contributed by atoms with E-state index >= 15 is 0 Å². The van der Waals surface area contributed by atoms with E-state index in [9.17, 15) is 18.0 Å². The van der Waals surface area contributed by atoms with Crippen molar-refractivity contribution < 1.29 is 22.7 Å². The van der Waals surface area contributed by atoms with Gasteiger partial charge in [0.2, 0.25) is 0 Å². The van der Waals surface area contributed by atoms with Gasteiger partial charge in [-0.2, -0.15) is 13.2 Å². The summed E-state index contributed by atoms with van der Waals surface area (Å²) in [4.78, 5) is 18.7. The molecular weight excluding hydrogens is 263 g/mol. The van der Waals surface area contributed by atoms with Crippen molar-refractivity contribution in [2.45, 2.75) is 6.18 Å². The maximum absolute atomic E-state index is 12.5. The van der Waals surface area contributed by atoms with Gasteiger partial charge in [0.15, 0.2) is 5.69 Å². The van der Waals surface area contributed by atoms with Crippen LogP contribution < -0.4 is 0 Å². The van der Waals surface area contributed by atoms with Gasteiger partial charge >= 0.3 is 12.1 Å². The van der Waals surface area contributed by atoms with Crippen LogP contribution in [0.5, 0.6) is 0 Å². The van der Waals surface area contributed by atoms with Crippen molar-refractivity contribution in [1.82, 2.24) is 14.5 Å². The van der Waals surface area contributed by atoms with Gasteiger partial charge in [0.25, 0.3) is 0 Å². The fourth-order valence-corrected chi connectivity index (χ4v) is 1.39. The van der Waals surface area contributed by atoms with E-state index < -0.39 is 17.7 Å². The van der Waals surface area contributed by atoms with Crippen molar-refractivity contribution in [2.24, 2.45) is 0 Å². The molecule has 100 valence electrons. The summed E-state index contributed by atoms with van der Waals surface area (Å²) in [6.07, 6.45) is -0.984. The molecule has 0 amide bonds. The van der Waals surface area contributed by atoms with Crippen LogP contribution in [0.1, 0.15) is 16.1 Å². The highest BCUT2D eigenvalue weighted by molar-refractivity contribution is 5.86. The molecule has 2 heterocycles. The number of pyridine rings is 1. The van der Waals surface area contributed by atoms with Crippen molar-refractivity contribution in [3.05, 3.63) is 42.1 Å². The third-order valence-electron chi connectivity index (χ3n) is 2.31. The molecule has 0 aliphatic carbocycles. The predicted molar refractivity (Wildman–Crippen MR) is 57.7 cm³/mol. The van der Waals surface area contributed by atoms with E-state index in [4.69, 9.17) is 0 Å². The monoisotopic (exact) mass is 271 g/mol. The lowest BCUT2D eigenvalue weighted by molar-refractivity contribution is -0.137. The number of nitrogens with zero attached hydrogens (tertiary/aromatic N) is 3. The number of methoxy groups -OCH3 is 1. The van der Waals surface area contributed by atoms with Crippen LogP contribution in [0.2, 0.25) is 0 Å². The Bertz CT molecular complexity index is 607. The minimum absolute atomic E-state index is 0.0116. The smallest absolute Gasteiger partial charge is 0.416 e. The number of halogens is 3. The van der Waals surface area contributed by atoms with Crippen molar-refractivity contribution in [3.63, 3.8) is 0 Å². The fourth-order valence-electron chi connectivity index (χ4n) is 1.39. The number of carbonyl (C=O) groups excluding carboxylic acids is 1. The average Bonchev–Trinajstić information content (AvgIpc) is 2.86. The van der Waals surface area contributed by atoms with E-state index in [1.165, 1.54) is 24.2 Å². The van der Waals surface area contributed by atoms with Gasteiger partial charge in [-0.05, 0) is 12.1 Å². The third kappa shape index (κ3) is 2.72. The molecule has 0 atom stereocenters. The molecule has 19 heavy (non-hydrogen) atoms. The SMILES string of the molecule is COC(=O)c1cn(-c2cc(C(F)(F)F)ccn2)cn1. The zero-order valence-corrected chi connectivity index (χ0v) is 9.68. The largest absolute Gasteiger partial charge is 0.464 e. The van der Waals surface area contributed by atoms with Gasteiger partial charge in [0.1, 0.15) is 12.1 Å². The zero-order chi connectivity index (χ0) is 14.0. The van der Waals surface area contributed by atoms with Crippen molar-refractivity contribution >= 4 is 5.97 Å². The minimum Gasteiger partial charge on any atom is -0.464 e. The topological polar surface area (TPSA) is 57.0 Å².